The Morgan fingerprint density at radius 3 is 2.22 bits per heavy atom. The molecular formula is C23H20N2O2. The number of aromatic nitrogens is 1. The summed E-state index contributed by atoms with van der Waals surface area (Å²) in [5.74, 6) is 1.22. The van der Waals surface area contributed by atoms with Crippen LogP contribution in [0.3, 0.4) is 0 Å². The summed E-state index contributed by atoms with van der Waals surface area (Å²) in [7, 11) is 0. The van der Waals surface area contributed by atoms with E-state index in [4.69, 9.17) is 10.5 Å². The largest absolute Gasteiger partial charge is 0.457 e. The number of fused-ring (bicyclic) bond motifs is 1. The molecule has 4 nitrogen and oxygen atoms in total. The normalized spacial score (nSPS) is 12.1. The second kappa shape index (κ2) is 7.09. The molecule has 0 saturated carbocycles. The lowest BCUT2D eigenvalue weighted by Crippen LogP contribution is -2.25. The van der Waals surface area contributed by atoms with E-state index in [0.29, 0.717) is 16.9 Å². The fraction of sp³-hybridized carbons (Fsp3) is 0.0870. The third-order valence-electron chi connectivity index (χ3n) is 4.49. The molecule has 4 rings (SSSR count). The molecule has 0 aliphatic rings. The molecule has 0 amide bonds. The van der Waals surface area contributed by atoms with Crippen molar-refractivity contribution in [3.8, 4) is 17.2 Å². The molecule has 0 spiro atoms. The van der Waals surface area contributed by atoms with E-state index in [9.17, 15) is 4.79 Å². The fourth-order valence-electron chi connectivity index (χ4n) is 3.23. The Bertz CT molecular complexity index is 1130. The maximum absolute atomic E-state index is 13.5. The molecule has 0 unspecified atom stereocenters. The zero-order chi connectivity index (χ0) is 18.8. The maximum atomic E-state index is 13.5. The van der Waals surface area contributed by atoms with Gasteiger partial charge in [-0.25, -0.2) is 0 Å². The van der Waals surface area contributed by atoms with E-state index in [2.05, 4.69) is 0 Å². The first-order valence-corrected chi connectivity index (χ1v) is 8.88. The summed E-state index contributed by atoms with van der Waals surface area (Å²) in [5, 5.41) is 1.35. The lowest BCUT2D eigenvalue weighted by Gasteiger charge is -2.18. The summed E-state index contributed by atoms with van der Waals surface area (Å²) < 4.78 is 7.69. The molecule has 0 saturated heterocycles. The molecule has 0 aliphatic heterocycles. The molecule has 1 atom stereocenters. The second-order valence-electron chi connectivity index (χ2n) is 6.47. The average molecular weight is 356 g/mol. The van der Waals surface area contributed by atoms with Gasteiger partial charge in [-0.3, -0.25) is 9.36 Å². The summed E-state index contributed by atoms with van der Waals surface area (Å²) >= 11 is 0. The summed E-state index contributed by atoms with van der Waals surface area (Å²) in [5.41, 5.74) is 7.58. The van der Waals surface area contributed by atoms with Gasteiger partial charge in [-0.15, -0.1) is 0 Å². The molecule has 0 fully saturated rings. The molecule has 3 aromatic carbocycles. The van der Waals surface area contributed by atoms with Crippen molar-refractivity contribution in [2.24, 2.45) is 5.73 Å². The molecule has 4 aromatic rings. The maximum Gasteiger partial charge on any atom is 0.267 e. The van der Waals surface area contributed by atoms with E-state index in [1.807, 2.05) is 91.9 Å². The Labute approximate surface area is 157 Å². The number of nitrogens with zero attached hydrogens (tertiary/aromatic N) is 1. The summed E-state index contributed by atoms with van der Waals surface area (Å²) in [6.07, 6.45) is 0. The molecule has 0 aliphatic carbocycles. The van der Waals surface area contributed by atoms with E-state index in [-0.39, 0.29) is 11.6 Å². The highest BCUT2D eigenvalue weighted by molar-refractivity contribution is 5.88. The molecular weight excluding hydrogens is 336 g/mol. The Balaban J connectivity index is 2.00. The van der Waals surface area contributed by atoms with Crippen LogP contribution in [-0.2, 0) is 0 Å². The first-order chi connectivity index (χ1) is 13.1. The van der Waals surface area contributed by atoms with Crippen LogP contribution in [0, 0.1) is 0 Å². The van der Waals surface area contributed by atoms with Gasteiger partial charge in [-0.1, -0.05) is 48.5 Å². The van der Waals surface area contributed by atoms with Gasteiger partial charge in [0, 0.05) is 17.4 Å². The third kappa shape index (κ3) is 3.23. The van der Waals surface area contributed by atoms with Crippen LogP contribution >= 0.6 is 0 Å². The van der Waals surface area contributed by atoms with Crippen LogP contribution in [0.2, 0.25) is 0 Å². The Kier molecular flexibility index (Phi) is 4.48. The highest BCUT2D eigenvalue weighted by atomic mass is 16.5. The van der Waals surface area contributed by atoms with Crippen LogP contribution < -0.4 is 16.0 Å². The minimum atomic E-state index is -0.291. The van der Waals surface area contributed by atoms with Crippen LogP contribution in [-0.4, -0.2) is 4.57 Å². The van der Waals surface area contributed by atoms with Crippen molar-refractivity contribution >= 4 is 10.8 Å². The van der Waals surface area contributed by atoms with Gasteiger partial charge in [0.15, 0.2) is 0 Å². The lowest BCUT2D eigenvalue weighted by molar-refractivity contribution is 0.487. The minimum Gasteiger partial charge on any atom is -0.457 e. The number of hydrogen-bond acceptors (Lipinski definition) is 3. The van der Waals surface area contributed by atoms with Crippen LogP contribution in [0.5, 0.6) is 11.5 Å². The highest BCUT2D eigenvalue weighted by Crippen LogP contribution is 2.29. The Morgan fingerprint density at radius 1 is 0.889 bits per heavy atom. The van der Waals surface area contributed by atoms with Crippen LogP contribution in [0.4, 0.5) is 0 Å². The zero-order valence-electron chi connectivity index (χ0n) is 15.0. The predicted molar refractivity (Wildman–Crippen MR) is 109 cm³/mol. The van der Waals surface area contributed by atoms with Gasteiger partial charge < -0.3 is 10.5 Å². The van der Waals surface area contributed by atoms with Gasteiger partial charge >= 0.3 is 0 Å². The first kappa shape index (κ1) is 17.1. The van der Waals surface area contributed by atoms with Crippen molar-refractivity contribution in [1.29, 1.82) is 0 Å². The van der Waals surface area contributed by atoms with E-state index in [0.717, 1.165) is 16.8 Å². The molecule has 0 radical (unpaired) electrons. The van der Waals surface area contributed by atoms with Gasteiger partial charge in [-0.2, -0.15) is 0 Å². The molecule has 1 heterocycles. The van der Waals surface area contributed by atoms with Gasteiger partial charge in [0.05, 0.1) is 5.39 Å². The number of pyridine rings is 1. The SMILES string of the molecule is C[C@H](N)c1cc2cccc(Oc3ccccc3)c2c(=O)n1-c1ccccc1. The summed E-state index contributed by atoms with van der Waals surface area (Å²) in [6, 6.07) is 26.3. The van der Waals surface area contributed by atoms with Gasteiger partial charge in [0.2, 0.25) is 0 Å². The quantitative estimate of drug-likeness (QED) is 0.571. The number of benzene rings is 3. The fourth-order valence-corrected chi connectivity index (χ4v) is 3.23. The van der Waals surface area contributed by atoms with E-state index in [1.165, 1.54) is 0 Å². The third-order valence-corrected chi connectivity index (χ3v) is 4.49. The van der Waals surface area contributed by atoms with Gasteiger partial charge in [0.25, 0.3) is 5.56 Å². The number of nitrogens with two attached hydrogens (primary N) is 1. The highest BCUT2D eigenvalue weighted by Gasteiger charge is 2.17. The van der Waals surface area contributed by atoms with Crippen molar-refractivity contribution < 1.29 is 4.74 Å². The average Bonchev–Trinajstić information content (AvgIpc) is 2.69. The van der Waals surface area contributed by atoms with Crippen molar-refractivity contribution in [1.82, 2.24) is 4.57 Å². The standard InChI is InChI=1S/C23H20N2O2/c1-16(24)20-15-17-9-8-14-21(27-19-12-6-3-7-13-19)22(17)23(26)25(20)18-10-4-2-5-11-18/h2-16H,24H2,1H3/t16-/m0/s1. The minimum absolute atomic E-state index is 0.141. The monoisotopic (exact) mass is 356 g/mol. The van der Waals surface area contributed by atoms with Crippen LogP contribution in [0.25, 0.3) is 16.5 Å². The Hall–Kier alpha value is -3.37. The van der Waals surface area contributed by atoms with Crippen molar-refractivity contribution in [3.05, 3.63) is 101 Å². The van der Waals surface area contributed by atoms with Gasteiger partial charge in [-0.05, 0) is 48.7 Å². The zero-order valence-corrected chi connectivity index (χ0v) is 15.0. The summed E-state index contributed by atoms with van der Waals surface area (Å²) in [6.45, 7) is 1.88. The molecule has 0 bridgehead atoms. The van der Waals surface area contributed by atoms with Crippen LogP contribution in [0.15, 0.2) is 89.7 Å². The van der Waals surface area contributed by atoms with E-state index in [1.54, 1.807) is 4.57 Å². The number of hydrogen-bond donors (Lipinski definition) is 1. The molecule has 2 N–H and O–H groups in total. The number of ether oxygens (including phenoxy) is 1. The Morgan fingerprint density at radius 2 is 1.56 bits per heavy atom. The van der Waals surface area contributed by atoms with E-state index < -0.39 is 0 Å². The molecule has 134 valence electrons. The molecule has 1 aromatic heterocycles. The second-order valence-corrected chi connectivity index (χ2v) is 6.47. The summed E-state index contributed by atoms with van der Waals surface area (Å²) in [4.78, 5) is 13.5. The van der Waals surface area contributed by atoms with Crippen molar-refractivity contribution in [2.75, 3.05) is 0 Å². The van der Waals surface area contributed by atoms with Crippen molar-refractivity contribution in [2.45, 2.75) is 13.0 Å². The topological polar surface area (TPSA) is 57.2 Å². The molecule has 27 heavy (non-hydrogen) atoms. The lowest BCUT2D eigenvalue weighted by atomic mass is 10.1. The molecule has 4 heteroatoms. The first-order valence-electron chi connectivity index (χ1n) is 8.88. The number of rotatable bonds is 4. The number of para-hydroxylation sites is 2. The van der Waals surface area contributed by atoms with E-state index >= 15 is 0 Å². The smallest absolute Gasteiger partial charge is 0.267 e. The van der Waals surface area contributed by atoms with Gasteiger partial charge in [0.1, 0.15) is 11.5 Å². The van der Waals surface area contributed by atoms with Crippen LogP contribution in [0.1, 0.15) is 18.7 Å². The van der Waals surface area contributed by atoms with Crippen molar-refractivity contribution in [3.63, 3.8) is 0 Å². The predicted octanol–water partition coefficient (Wildman–Crippen LogP) is 4.80.